The summed E-state index contributed by atoms with van der Waals surface area (Å²) in [5.41, 5.74) is -1.11. The van der Waals surface area contributed by atoms with Gasteiger partial charge in [-0.25, -0.2) is 4.98 Å². The summed E-state index contributed by atoms with van der Waals surface area (Å²) in [7, 11) is 1.58. The molecule has 1 amide bonds. The molecule has 0 bridgehead atoms. The van der Waals surface area contributed by atoms with E-state index in [2.05, 4.69) is 10.1 Å². The normalized spacial score (nSPS) is 15.6. The lowest BCUT2D eigenvalue weighted by Gasteiger charge is -2.36. The maximum Gasteiger partial charge on any atom is 0.432 e. The van der Waals surface area contributed by atoms with Crippen molar-refractivity contribution < 1.29 is 22.7 Å². The highest BCUT2D eigenvalue weighted by Crippen LogP contribution is 2.20. The van der Waals surface area contributed by atoms with Gasteiger partial charge in [-0.3, -0.25) is 9.80 Å². The topological polar surface area (TPSA) is 61.3 Å². The highest BCUT2D eigenvalue weighted by molar-refractivity contribution is 6.29. The van der Waals surface area contributed by atoms with Gasteiger partial charge in [0.05, 0.1) is 13.0 Å². The molecule has 156 valence electrons. The minimum atomic E-state index is -4.62. The molecule has 0 N–H and O–H groups in total. The van der Waals surface area contributed by atoms with Crippen LogP contribution in [-0.2, 0) is 4.79 Å². The number of nitrogens with zero attached hydrogens (tertiary/aromatic N) is 5. The lowest BCUT2D eigenvalue weighted by molar-refractivity contribution is -0.132. The molecule has 7 nitrogen and oxygen atoms in total. The van der Waals surface area contributed by atoms with Gasteiger partial charge in [0.1, 0.15) is 18.1 Å². The summed E-state index contributed by atoms with van der Waals surface area (Å²) < 4.78 is 43.6. The number of piperazine rings is 1. The van der Waals surface area contributed by atoms with Gasteiger partial charge in [-0.1, -0.05) is 0 Å². The van der Waals surface area contributed by atoms with Crippen molar-refractivity contribution in [2.75, 3.05) is 57.2 Å². The Bertz CT molecular complexity index is 694. The van der Waals surface area contributed by atoms with Crippen LogP contribution in [-0.4, -0.2) is 84.9 Å². The first kappa shape index (κ1) is 22.1. The summed E-state index contributed by atoms with van der Waals surface area (Å²) in [5.74, 6) is 0.406. The van der Waals surface area contributed by atoms with Crippen LogP contribution < -0.4 is 9.64 Å². The fourth-order valence-electron chi connectivity index (χ4n) is 2.69. The number of hydrogen-bond donors (Lipinski definition) is 0. The zero-order valence-corrected chi connectivity index (χ0v) is 16.5. The third-order valence-corrected chi connectivity index (χ3v) is 4.56. The second kappa shape index (κ2) is 9.81. The predicted octanol–water partition coefficient (Wildman–Crippen LogP) is 2.22. The number of hydrazone groups is 1. The summed E-state index contributed by atoms with van der Waals surface area (Å²) in [6.45, 7) is 3.58. The van der Waals surface area contributed by atoms with E-state index in [9.17, 15) is 18.0 Å². The molecule has 1 aliphatic heterocycles. The number of ether oxygens (including phenoxy) is 1. The van der Waals surface area contributed by atoms with Crippen molar-refractivity contribution >= 4 is 29.0 Å². The number of aromatic nitrogens is 1. The first-order valence-corrected chi connectivity index (χ1v) is 9.30. The van der Waals surface area contributed by atoms with Crippen LogP contribution in [0.2, 0.25) is 0 Å². The van der Waals surface area contributed by atoms with Gasteiger partial charge in [-0.2, -0.15) is 18.3 Å². The van der Waals surface area contributed by atoms with Crippen LogP contribution in [0.4, 0.5) is 19.0 Å². The molecule has 1 aromatic heterocycles. The first-order valence-electron chi connectivity index (χ1n) is 8.76. The van der Waals surface area contributed by atoms with E-state index in [0.29, 0.717) is 31.9 Å². The Hall–Kier alpha value is -2.23. The fraction of sp³-hybridized carbons (Fsp3) is 0.588. The molecule has 2 rings (SSSR count). The van der Waals surface area contributed by atoms with Crippen LogP contribution in [0.5, 0.6) is 5.75 Å². The van der Waals surface area contributed by atoms with Crippen LogP contribution in [0.3, 0.4) is 0 Å². The van der Waals surface area contributed by atoms with Crippen LogP contribution in [0.1, 0.15) is 6.92 Å². The molecule has 0 spiro atoms. The van der Waals surface area contributed by atoms with Crippen LogP contribution in [0.25, 0.3) is 0 Å². The molecule has 1 fully saturated rings. The number of amides is 1. The highest BCUT2D eigenvalue weighted by atomic mass is 35.5. The molecule has 0 aromatic carbocycles. The minimum Gasteiger partial charge on any atom is -0.497 e. The Morgan fingerprint density at radius 3 is 2.57 bits per heavy atom. The Labute approximate surface area is 166 Å². The van der Waals surface area contributed by atoms with Crippen molar-refractivity contribution in [3.8, 4) is 5.75 Å². The van der Waals surface area contributed by atoms with Gasteiger partial charge in [0.2, 0.25) is 5.91 Å². The van der Waals surface area contributed by atoms with Crippen molar-refractivity contribution in [1.29, 1.82) is 0 Å². The minimum absolute atomic E-state index is 0.163. The van der Waals surface area contributed by atoms with Crippen molar-refractivity contribution in [1.82, 2.24) is 14.9 Å². The molecule has 0 unspecified atom stereocenters. The molecule has 11 heteroatoms. The van der Waals surface area contributed by atoms with E-state index < -0.39 is 17.8 Å². The van der Waals surface area contributed by atoms with Gasteiger partial charge in [-0.15, -0.1) is 11.6 Å². The number of pyridine rings is 1. The highest BCUT2D eigenvalue weighted by Gasteiger charge is 2.36. The number of carbonyl (C=O) groups is 1. The summed E-state index contributed by atoms with van der Waals surface area (Å²) in [6, 6.07) is 3.56. The Balaban J connectivity index is 1.94. The summed E-state index contributed by atoms with van der Waals surface area (Å²) in [5, 5.41) is 4.60. The number of likely N-dealkylation sites (N-methyl/N-ethyl adjacent to an activating group) is 1. The van der Waals surface area contributed by atoms with Gasteiger partial charge >= 0.3 is 6.18 Å². The number of halogens is 4. The monoisotopic (exact) mass is 421 g/mol. The van der Waals surface area contributed by atoms with Crippen molar-refractivity contribution in [2.45, 2.75) is 13.1 Å². The molecule has 1 aromatic rings. The smallest absolute Gasteiger partial charge is 0.432 e. The largest absolute Gasteiger partial charge is 0.497 e. The molecule has 1 aliphatic rings. The van der Waals surface area contributed by atoms with Gasteiger partial charge in [-0.05, 0) is 13.0 Å². The molecule has 0 radical (unpaired) electrons. The number of methoxy groups -OCH3 is 1. The quantitative estimate of drug-likeness (QED) is 0.384. The molecular formula is C17H23ClF3N5O2. The third-order valence-electron chi connectivity index (χ3n) is 4.31. The molecular weight excluding hydrogens is 399 g/mol. The average molecular weight is 422 g/mol. The van der Waals surface area contributed by atoms with Crippen molar-refractivity contribution in [3.63, 3.8) is 0 Å². The Morgan fingerprint density at radius 2 is 2.04 bits per heavy atom. The molecule has 2 heterocycles. The second-order valence-electron chi connectivity index (χ2n) is 6.08. The van der Waals surface area contributed by atoms with Gasteiger partial charge in [0.25, 0.3) is 0 Å². The van der Waals surface area contributed by atoms with Gasteiger partial charge < -0.3 is 14.5 Å². The number of anilines is 1. The maximum atomic E-state index is 12.8. The van der Waals surface area contributed by atoms with Crippen LogP contribution >= 0.6 is 11.6 Å². The maximum absolute atomic E-state index is 12.8. The van der Waals surface area contributed by atoms with E-state index in [-0.39, 0.29) is 19.0 Å². The second-order valence-corrected chi connectivity index (χ2v) is 6.35. The molecule has 0 aliphatic carbocycles. The third kappa shape index (κ3) is 5.88. The SMILES string of the molecule is CCN(CC(=O)N1CCN(c2cc(OC)ccn2)CC1)/N=C(\CCl)C(F)(F)F. The summed E-state index contributed by atoms with van der Waals surface area (Å²) >= 11 is 5.34. The van der Waals surface area contributed by atoms with E-state index in [1.54, 1.807) is 31.2 Å². The summed E-state index contributed by atoms with van der Waals surface area (Å²) in [4.78, 5) is 20.4. The predicted molar refractivity (Wildman–Crippen MR) is 101 cm³/mol. The van der Waals surface area contributed by atoms with E-state index in [4.69, 9.17) is 16.3 Å². The standard InChI is InChI=1S/C17H23ClF3N5O2/c1-3-26(23-14(11-18)17(19,20)21)12-16(27)25-8-6-24(7-9-25)15-10-13(28-2)4-5-22-15/h4-5,10H,3,6-9,11-12H2,1-2H3/b23-14+. The average Bonchev–Trinajstić information content (AvgIpc) is 2.70. The number of rotatable bonds is 7. The van der Waals surface area contributed by atoms with E-state index in [1.165, 1.54) is 0 Å². The molecule has 28 heavy (non-hydrogen) atoms. The lowest BCUT2D eigenvalue weighted by atomic mass is 10.3. The van der Waals surface area contributed by atoms with Crippen LogP contribution in [0, 0.1) is 0 Å². The number of hydrogen-bond acceptors (Lipinski definition) is 6. The molecule has 0 saturated carbocycles. The van der Waals surface area contributed by atoms with Crippen molar-refractivity contribution in [3.05, 3.63) is 18.3 Å². The van der Waals surface area contributed by atoms with Crippen molar-refractivity contribution in [2.24, 2.45) is 5.10 Å². The van der Waals surface area contributed by atoms with Gasteiger partial charge in [0, 0.05) is 45.0 Å². The van der Waals surface area contributed by atoms with E-state index in [0.717, 1.165) is 10.8 Å². The van der Waals surface area contributed by atoms with E-state index in [1.807, 2.05) is 11.0 Å². The molecule has 1 saturated heterocycles. The zero-order valence-electron chi connectivity index (χ0n) is 15.7. The number of carbonyl (C=O) groups excluding carboxylic acids is 1. The van der Waals surface area contributed by atoms with Gasteiger partial charge in [0.15, 0.2) is 5.71 Å². The molecule has 0 atom stereocenters. The Kier molecular flexibility index (Phi) is 7.73. The number of alkyl halides is 4. The zero-order chi connectivity index (χ0) is 20.7. The first-order chi connectivity index (χ1) is 13.3. The van der Waals surface area contributed by atoms with E-state index >= 15 is 0 Å². The summed E-state index contributed by atoms with van der Waals surface area (Å²) in [6.07, 6.45) is -2.97. The fourth-order valence-corrected chi connectivity index (χ4v) is 2.89. The van der Waals surface area contributed by atoms with Crippen LogP contribution in [0.15, 0.2) is 23.4 Å². The Morgan fingerprint density at radius 1 is 1.36 bits per heavy atom. The lowest BCUT2D eigenvalue weighted by Crippen LogP contribution is -2.51.